The van der Waals surface area contributed by atoms with Crippen LogP contribution in [0.4, 0.5) is 10.2 Å². The summed E-state index contributed by atoms with van der Waals surface area (Å²) < 4.78 is 13.7. The van der Waals surface area contributed by atoms with Crippen molar-refractivity contribution in [3.05, 3.63) is 39.8 Å². The second-order valence-electron chi connectivity index (χ2n) is 3.52. The maximum atomic E-state index is 13.7. The molecule has 98 valence electrons. The van der Waals surface area contributed by atoms with E-state index in [9.17, 15) is 9.18 Å². The number of nitrogen functional groups attached to an aromatic ring is 1. The first kappa shape index (κ1) is 13.5. The standard InChI is InChI=1S/C11H6Cl2FN3O2/c12-4-1-2-5(6(14)3-4)10-16-8(11(18)19)7(13)9(15)17-10/h1-3H,(H,18,19)(H2,15,16,17). The molecule has 3 N–H and O–H groups in total. The van der Waals surface area contributed by atoms with E-state index in [0.717, 1.165) is 6.07 Å². The Morgan fingerprint density at radius 1 is 1.32 bits per heavy atom. The quantitative estimate of drug-likeness (QED) is 0.890. The van der Waals surface area contributed by atoms with Crippen molar-refractivity contribution in [1.29, 1.82) is 0 Å². The molecule has 0 saturated heterocycles. The Balaban J connectivity index is 2.66. The number of rotatable bonds is 2. The van der Waals surface area contributed by atoms with Gasteiger partial charge in [0, 0.05) is 5.02 Å². The molecule has 19 heavy (non-hydrogen) atoms. The van der Waals surface area contributed by atoms with Gasteiger partial charge in [-0.05, 0) is 18.2 Å². The van der Waals surface area contributed by atoms with Crippen LogP contribution in [-0.4, -0.2) is 21.0 Å². The molecule has 2 rings (SSSR count). The fraction of sp³-hybridized carbons (Fsp3) is 0. The summed E-state index contributed by atoms with van der Waals surface area (Å²) in [5.41, 5.74) is 4.98. The van der Waals surface area contributed by atoms with Crippen LogP contribution in [0.2, 0.25) is 10.0 Å². The fourth-order valence-electron chi connectivity index (χ4n) is 1.40. The third-order valence-electron chi connectivity index (χ3n) is 2.25. The fourth-order valence-corrected chi connectivity index (χ4v) is 1.72. The van der Waals surface area contributed by atoms with Gasteiger partial charge in [0.2, 0.25) is 0 Å². The Morgan fingerprint density at radius 2 is 2.00 bits per heavy atom. The summed E-state index contributed by atoms with van der Waals surface area (Å²) in [7, 11) is 0. The second-order valence-corrected chi connectivity index (χ2v) is 4.34. The Morgan fingerprint density at radius 3 is 2.58 bits per heavy atom. The van der Waals surface area contributed by atoms with Gasteiger partial charge in [0.05, 0.1) is 5.56 Å². The predicted octanol–water partition coefficient (Wildman–Crippen LogP) is 2.87. The first-order valence-corrected chi connectivity index (χ1v) is 5.67. The first-order chi connectivity index (χ1) is 8.90. The molecule has 0 aliphatic carbocycles. The van der Waals surface area contributed by atoms with Crippen LogP contribution < -0.4 is 5.73 Å². The van der Waals surface area contributed by atoms with Crippen molar-refractivity contribution in [3.63, 3.8) is 0 Å². The van der Waals surface area contributed by atoms with Gasteiger partial charge in [-0.25, -0.2) is 19.2 Å². The van der Waals surface area contributed by atoms with E-state index in [0.29, 0.717) is 0 Å². The molecule has 0 bridgehead atoms. The molecule has 0 atom stereocenters. The molecule has 0 amide bonds. The first-order valence-electron chi connectivity index (χ1n) is 4.92. The average molecular weight is 302 g/mol. The van der Waals surface area contributed by atoms with Crippen LogP contribution in [0.1, 0.15) is 10.5 Å². The van der Waals surface area contributed by atoms with E-state index < -0.39 is 17.5 Å². The second kappa shape index (κ2) is 4.99. The number of carboxylic acids is 1. The van der Waals surface area contributed by atoms with Crippen LogP contribution in [0.15, 0.2) is 18.2 Å². The summed E-state index contributed by atoms with van der Waals surface area (Å²) in [6, 6.07) is 3.81. The van der Waals surface area contributed by atoms with Crippen LogP contribution in [-0.2, 0) is 0 Å². The van der Waals surface area contributed by atoms with Crippen LogP contribution in [0.25, 0.3) is 11.4 Å². The van der Waals surface area contributed by atoms with Crippen molar-refractivity contribution < 1.29 is 14.3 Å². The lowest BCUT2D eigenvalue weighted by molar-refractivity contribution is 0.0690. The van der Waals surface area contributed by atoms with E-state index in [1.54, 1.807) is 0 Å². The lowest BCUT2D eigenvalue weighted by Crippen LogP contribution is -2.08. The van der Waals surface area contributed by atoms with Crippen molar-refractivity contribution in [2.75, 3.05) is 5.73 Å². The van der Waals surface area contributed by atoms with E-state index in [4.69, 9.17) is 34.0 Å². The minimum Gasteiger partial charge on any atom is -0.476 e. The molecular weight excluding hydrogens is 296 g/mol. The Kier molecular flexibility index (Phi) is 3.55. The number of benzene rings is 1. The molecule has 0 saturated carbocycles. The van der Waals surface area contributed by atoms with E-state index in [1.165, 1.54) is 12.1 Å². The number of hydrogen-bond acceptors (Lipinski definition) is 4. The minimum absolute atomic E-state index is 0.0183. The van der Waals surface area contributed by atoms with E-state index in [-0.39, 0.29) is 27.3 Å². The molecule has 0 radical (unpaired) electrons. The van der Waals surface area contributed by atoms with Gasteiger partial charge in [-0.3, -0.25) is 0 Å². The number of halogens is 3. The van der Waals surface area contributed by atoms with Gasteiger partial charge >= 0.3 is 5.97 Å². The monoisotopic (exact) mass is 301 g/mol. The molecule has 1 aromatic heterocycles. The average Bonchev–Trinajstić information content (AvgIpc) is 2.32. The maximum Gasteiger partial charge on any atom is 0.356 e. The maximum absolute atomic E-state index is 13.7. The molecular formula is C11H6Cl2FN3O2. The van der Waals surface area contributed by atoms with Gasteiger partial charge < -0.3 is 10.8 Å². The molecule has 5 nitrogen and oxygen atoms in total. The zero-order valence-electron chi connectivity index (χ0n) is 9.19. The highest BCUT2D eigenvalue weighted by Crippen LogP contribution is 2.27. The summed E-state index contributed by atoms with van der Waals surface area (Å²) in [5, 5.41) is 8.84. The van der Waals surface area contributed by atoms with Crippen LogP contribution >= 0.6 is 23.2 Å². The summed E-state index contributed by atoms with van der Waals surface area (Å²) >= 11 is 11.3. The number of carboxylic acid groups (broad SMARTS) is 1. The third-order valence-corrected chi connectivity index (χ3v) is 2.86. The van der Waals surface area contributed by atoms with Gasteiger partial charge in [-0.1, -0.05) is 23.2 Å². The van der Waals surface area contributed by atoms with Crippen LogP contribution in [0, 0.1) is 5.82 Å². The number of carbonyl (C=O) groups is 1. The summed E-state index contributed by atoms with van der Waals surface area (Å²) in [6.45, 7) is 0. The topological polar surface area (TPSA) is 89.1 Å². The van der Waals surface area contributed by atoms with Gasteiger partial charge in [0.1, 0.15) is 16.7 Å². The number of aromatic carboxylic acids is 1. The van der Waals surface area contributed by atoms with E-state index in [1.807, 2.05) is 0 Å². The predicted molar refractivity (Wildman–Crippen MR) is 68.8 cm³/mol. The molecule has 2 aromatic rings. The molecule has 8 heteroatoms. The zero-order chi connectivity index (χ0) is 14.2. The number of hydrogen-bond donors (Lipinski definition) is 2. The highest BCUT2D eigenvalue weighted by atomic mass is 35.5. The van der Waals surface area contributed by atoms with Gasteiger partial charge in [0.25, 0.3) is 0 Å². The van der Waals surface area contributed by atoms with Crippen molar-refractivity contribution in [2.45, 2.75) is 0 Å². The molecule has 0 fully saturated rings. The summed E-state index contributed by atoms with van der Waals surface area (Å²) in [4.78, 5) is 18.4. The van der Waals surface area contributed by atoms with Crippen molar-refractivity contribution >= 4 is 35.0 Å². The number of nitrogens with two attached hydrogens (primary N) is 1. The number of nitrogens with zero attached hydrogens (tertiary/aromatic N) is 2. The van der Waals surface area contributed by atoms with Gasteiger partial charge in [-0.15, -0.1) is 0 Å². The largest absolute Gasteiger partial charge is 0.476 e. The Bertz CT molecular complexity index is 679. The zero-order valence-corrected chi connectivity index (χ0v) is 10.7. The lowest BCUT2D eigenvalue weighted by atomic mass is 10.2. The molecule has 1 aromatic carbocycles. The molecule has 0 aliphatic rings. The smallest absolute Gasteiger partial charge is 0.356 e. The lowest BCUT2D eigenvalue weighted by Gasteiger charge is -2.07. The van der Waals surface area contributed by atoms with Crippen LogP contribution in [0.3, 0.4) is 0 Å². The molecule has 0 spiro atoms. The SMILES string of the molecule is Nc1nc(-c2ccc(Cl)cc2F)nc(C(=O)O)c1Cl. The van der Waals surface area contributed by atoms with Gasteiger partial charge in [0.15, 0.2) is 11.5 Å². The Labute approximate surface area is 116 Å². The molecule has 1 heterocycles. The minimum atomic E-state index is -1.38. The number of aromatic nitrogens is 2. The van der Waals surface area contributed by atoms with E-state index in [2.05, 4.69) is 9.97 Å². The van der Waals surface area contributed by atoms with Crippen molar-refractivity contribution in [2.24, 2.45) is 0 Å². The molecule has 0 aliphatic heterocycles. The summed E-state index contributed by atoms with van der Waals surface area (Å²) in [5.74, 6) is -2.48. The van der Waals surface area contributed by atoms with Gasteiger partial charge in [-0.2, -0.15) is 0 Å². The molecule has 0 unspecified atom stereocenters. The van der Waals surface area contributed by atoms with Crippen LogP contribution in [0.5, 0.6) is 0 Å². The Hall–Kier alpha value is -1.92. The third kappa shape index (κ3) is 2.59. The number of anilines is 1. The highest BCUT2D eigenvalue weighted by Gasteiger charge is 2.19. The van der Waals surface area contributed by atoms with Crippen molar-refractivity contribution in [3.8, 4) is 11.4 Å². The highest BCUT2D eigenvalue weighted by molar-refractivity contribution is 6.35. The van der Waals surface area contributed by atoms with E-state index >= 15 is 0 Å². The van der Waals surface area contributed by atoms with Crippen molar-refractivity contribution in [1.82, 2.24) is 9.97 Å². The summed E-state index contributed by atoms with van der Waals surface area (Å²) in [6.07, 6.45) is 0. The normalized spacial score (nSPS) is 10.5.